The summed E-state index contributed by atoms with van der Waals surface area (Å²) < 4.78 is 5.84. The second kappa shape index (κ2) is 2.89. The molecule has 1 N–H and O–H groups in total. The Morgan fingerprint density at radius 2 is 2.00 bits per heavy atom. The minimum atomic E-state index is -0.560. The third-order valence-electron chi connectivity index (χ3n) is 3.31. The van der Waals surface area contributed by atoms with Crippen LogP contribution < -0.4 is 4.74 Å². The van der Waals surface area contributed by atoms with Gasteiger partial charge in [0.15, 0.2) is 0 Å². The lowest BCUT2D eigenvalue weighted by atomic mass is 9.98. The molecule has 16 heavy (non-hydrogen) atoms. The van der Waals surface area contributed by atoms with Crippen molar-refractivity contribution >= 4 is 6.08 Å². The predicted molar refractivity (Wildman–Crippen MR) is 63.3 cm³/mol. The molecule has 1 fully saturated rings. The monoisotopic (exact) mass is 216 g/mol. The summed E-state index contributed by atoms with van der Waals surface area (Å²) >= 11 is 0. The van der Waals surface area contributed by atoms with Gasteiger partial charge < -0.3 is 9.84 Å². The van der Waals surface area contributed by atoms with Crippen LogP contribution in [0, 0.1) is 0 Å². The number of aliphatic hydroxyl groups is 1. The number of hydrogen-bond acceptors (Lipinski definition) is 2. The molecule has 1 aliphatic carbocycles. The molecule has 2 nitrogen and oxygen atoms in total. The fraction of sp³-hybridized carbons (Fsp3) is 0.429. The fourth-order valence-corrected chi connectivity index (χ4v) is 2.08. The first kappa shape index (κ1) is 9.91. The predicted octanol–water partition coefficient (Wildman–Crippen LogP) is 2.85. The van der Waals surface area contributed by atoms with Gasteiger partial charge in [0.1, 0.15) is 11.4 Å². The maximum atomic E-state index is 10.0. The van der Waals surface area contributed by atoms with Crippen LogP contribution in [0.1, 0.15) is 37.8 Å². The Labute approximate surface area is 95.6 Å². The van der Waals surface area contributed by atoms with Crippen molar-refractivity contribution in [2.45, 2.75) is 37.9 Å². The minimum absolute atomic E-state index is 0.231. The first-order chi connectivity index (χ1) is 7.49. The molecular weight excluding hydrogens is 200 g/mol. The van der Waals surface area contributed by atoms with Gasteiger partial charge in [-0.1, -0.05) is 12.1 Å². The van der Waals surface area contributed by atoms with Crippen molar-refractivity contribution in [3.63, 3.8) is 0 Å². The molecule has 0 bridgehead atoms. The van der Waals surface area contributed by atoms with E-state index in [0.29, 0.717) is 0 Å². The Morgan fingerprint density at radius 3 is 2.69 bits per heavy atom. The van der Waals surface area contributed by atoms with Gasteiger partial charge in [-0.05, 0) is 50.5 Å². The Hall–Kier alpha value is -1.28. The summed E-state index contributed by atoms with van der Waals surface area (Å²) in [5.74, 6) is 0.903. The van der Waals surface area contributed by atoms with Crippen molar-refractivity contribution in [3.05, 3.63) is 35.4 Å². The standard InChI is InChI=1S/C14H16O2/c1-13(2)6-5-10-9-11(14(15)7-8-14)3-4-12(10)16-13/h3-6,9,15H,7-8H2,1-2H3. The number of benzene rings is 1. The van der Waals surface area contributed by atoms with Gasteiger partial charge in [-0.15, -0.1) is 0 Å². The van der Waals surface area contributed by atoms with Gasteiger partial charge in [-0.25, -0.2) is 0 Å². The molecule has 2 heteroatoms. The molecule has 0 amide bonds. The summed E-state index contributed by atoms with van der Waals surface area (Å²) in [5, 5.41) is 10.0. The molecule has 0 saturated heterocycles. The van der Waals surface area contributed by atoms with Crippen molar-refractivity contribution < 1.29 is 9.84 Å². The second-order valence-corrected chi connectivity index (χ2v) is 5.32. The van der Waals surface area contributed by atoms with Crippen LogP contribution in [0.2, 0.25) is 0 Å². The highest BCUT2D eigenvalue weighted by Crippen LogP contribution is 2.46. The molecule has 0 radical (unpaired) electrons. The number of hydrogen-bond donors (Lipinski definition) is 1. The summed E-state index contributed by atoms with van der Waals surface area (Å²) in [6, 6.07) is 5.97. The number of ether oxygens (including phenoxy) is 1. The van der Waals surface area contributed by atoms with E-state index in [0.717, 1.165) is 29.7 Å². The molecule has 1 aromatic rings. The van der Waals surface area contributed by atoms with Gasteiger partial charge in [-0.2, -0.15) is 0 Å². The molecule has 2 aliphatic rings. The van der Waals surface area contributed by atoms with Gasteiger partial charge in [0.05, 0.1) is 5.60 Å². The minimum Gasteiger partial charge on any atom is -0.483 e. The fourth-order valence-electron chi connectivity index (χ4n) is 2.08. The maximum absolute atomic E-state index is 10.0. The molecule has 0 atom stereocenters. The summed E-state index contributed by atoms with van der Waals surface area (Å²) in [6.45, 7) is 4.07. The van der Waals surface area contributed by atoms with Crippen LogP contribution >= 0.6 is 0 Å². The smallest absolute Gasteiger partial charge is 0.127 e. The molecule has 0 aromatic heterocycles. The van der Waals surface area contributed by atoms with Gasteiger partial charge in [0.25, 0.3) is 0 Å². The first-order valence-corrected chi connectivity index (χ1v) is 5.74. The SMILES string of the molecule is CC1(C)C=Cc2cc(C3(O)CC3)ccc2O1. The largest absolute Gasteiger partial charge is 0.483 e. The Morgan fingerprint density at radius 1 is 1.25 bits per heavy atom. The van der Waals surface area contributed by atoms with Crippen LogP contribution in [0.25, 0.3) is 6.08 Å². The average molecular weight is 216 g/mol. The lowest BCUT2D eigenvalue weighted by molar-refractivity contribution is 0.149. The quantitative estimate of drug-likeness (QED) is 0.782. The van der Waals surface area contributed by atoms with Crippen molar-refractivity contribution in [2.24, 2.45) is 0 Å². The van der Waals surface area contributed by atoms with E-state index in [9.17, 15) is 5.11 Å². The third-order valence-corrected chi connectivity index (χ3v) is 3.31. The normalized spacial score (nSPS) is 23.4. The van der Waals surface area contributed by atoms with Crippen molar-refractivity contribution in [2.75, 3.05) is 0 Å². The third kappa shape index (κ3) is 1.54. The molecule has 0 unspecified atom stereocenters. The van der Waals surface area contributed by atoms with E-state index in [4.69, 9.17) is 4.74 Å². The summed E-state index contributed by atoms with van der Waals surface area (Å²) in [7, 11) is 0. The zero-order chi connectivity index (χ0) is 11.4. The molecule has 1 saturated carbocycles. The Balaban J connectivity index is 2.01. The van der Waals surface area contributed by atoms with Crippen LogP contribution in [0.3, 0.4) is 0 Å². The molecule has 1 heterocycles. The van der Waals surface area contributed by atoms with Gasteiger partial charge in [0, 0.05) is 5.56 Å². The van der Waals surface area contributed by atoms with Crippen molar-refractivity contribution in [3.8, 4) is 5.75 Å². The number of rotatable bonds is 1. The topological polar surface area (TPSA) is 29.5 Å². The van der Waals surface area contributed by atoms with Gasteiger partial charge >= 0.3 is 0 Å². The van der Waals surface area contributed by atoms with E-state index in [-0.39, 0.29) is 5.60 Å². The van der Waals surface area contributed by atoms with E-state index < -0.39 is 5.60 Å². The summed E-state index contributed by atoms with van der Waals surface area (Å²) in [6.07, 6.45) is 5.88. The number of fused-ring (bicyclic) bond motifs is 1. The van der Waals surface area contributed by atoms with Crippen LogP contribution in [-0.2, 0) is 5.60 Å². The lowest BCUT2D eigenvalue weighted by Gasteiger charge is -2.28. The zero-order valence-corrected chi connectivity index (χ0v) is 9.66. The molecule has 0 spiro atoms. The Bertz CT molecular complexity index is 468. The Kier molecular flexibility index (Phi) is 1.79. The highest BCUT2D eigenvalue weighted by atomic mass is 16.5. The van der Waals surface area contributed by atoms with Crippen molar-refractivity contribution in [1.29, 1.82) is 0 Å². The van der Waals surface area contributed by atoms with Crippen LogP contribution in [0.5, 0.6) is 5.75 Å². The first-order valence-electron chi connectivity index (χ1n) is 5.74. The molecule has 3 rings (SSSR count). The molecule has 84 valence electrons. The molecular formula is C14H16O2. The summed E-state index contributed by atoms with van der Waals surface area (Å²) in [5.41, 5.74) is 1.29. The van der Waals surface area contributed by atoms with E-state index in [1.54, 1.807) is 0 Å². The summed E-state index contributed by atoms with van der Waals surface area (Å²) in [4.78, 5) is 0. The second-order valence-electron chi connectivity index (χ2n) is 5.32. The molecule has 1 aromatic carbocycles. The van der Waals surface area contributed by atoms with Crippen LogP contribution in [-0.4, -0.2) is 10.7 Å². The zero-order valence-electron chi connectivity index (χ0n) is 9.66. The highest BCUT2D eigenvalue weighted by Gasteiger charge is 2.42. The van der Waals surface area contributed by atoms with Crippen LogP contribution in [0.4, 0.5) is 0 Å². The highest BCUT2D eigenvalue weighted by molar-refractivity contribution is 5.62. The van der Waals surface area contributed by atoms with Crippen LogP contribution in [0.15, 0.2) is 24.3 Å². The van der Waals surface area contributed by atoms with E-state index in [1.807, 2.05) is 32.0 Å². The van der Waals surface area contributed by atoms with E-state index in [1.165, 1.54) is 0 Å². The maximum Gasteiger partial charge on any atom is 0.127 e. The van der Waals surface area contributed by atoms with Gasteiger partial charge in [-0.3, -0.25) is 0 Å². The van der Waals surface area contributed by atoms with E-state index >= 15 is 0 Å². The molecule has 1 aliphatic heterocycles. The lowest BCUT2D eigenvalue weighted by Crippen LogP contribution is -2.27. The average Bonchev–Trinajstić information content (AvgIpc) is 2.96. The van der Waals surface area contributed by atoms with E-state index in [2.05, 4.69) is 12.2 Å². The van der Waals surface area contributed by atoms with Gasteiger partial charge in [0.2, 0.25) is 0 Å². The van der Waals surface area contributed by atoms with Crippen molar-refractivity contribution in [1.82, 2.24) is 0 Å².